The van der Waals surface area contributed by atoms with E-state index in [1.807, 2.05) is 13.1 Å². The summed E-state index contributed by atoms with van der Waals surface area (Å²) in [7, 11) is 2.00. The Morgan fingerprint density at radius 1 is 1.30 bits per heavy atom. The molecule has 1 fully saturated rings. The third kappa shape index (κ3) is 6.19. The number of nitrogens with zero attached hydrogens (tertiary/aromatic N) is 3. The number of carbonyl (C=O) groups is 1. The summed E-state index contributed by atoms with van der Waals surface area (Å²) in [5, 5.41) is 16.7. The molecule has 0 saturated carbocycles. The monoisotopic (exact) mass is 319 g/mol. The number of carbonyl (C=O) groups excluding carboxylic acids is 1. The van der Waals surface area contributed by atoms with Gasteiger partial charge in [0.25, 0.3) is 5.91 Å². The molecule has 0 aromatic heterocycles. The van der Waals surface area contributed by atoms with Crippen LogP contribution in [0.15, 0.2) is 29.8 Å². The number of benzene rings is 1. The molecule has 1 N–H and O–H groups in total. The van der Waals surface area contributed by atoms with Crippen LogP contribution in [0.5, 0.6) is 0 Å². The van der Waals surface area contributed by atoms with Gasteiger partial charge in [0.1, 0.15) is 17.5 Å². The van der Waals surface area contributed by atoms with Crippen LogP contribution < -0.4 is 0 Å². The van der Waals surface area contributed by atoms with Crippen molar-refractivity contribution in [3.63, 3.8) is 0 Å². The molecule has 1 aromatic carbocycles. The Kier molecular flexibility index (Phi) is 7.95. The van der Waals surface area contributed by atoms with Crippen LogP contribution in [0.2, 0.25) is 0 Å². The molecule has 1 amide bonds. The van der Waals surface area contributed by atoms with Crippen LogP contribution >= 0.6 is 0 Å². The lowest BCUT2D eigenvalue weighted by Crippen LogP contribution is -2.47. The largest absolute Gasteiger partial charge is 0.397 e. The summed E-state index contributed by atoms with van der Waals surface area (Å²) >= 11 is 0. The lowest BCUT2D eigenvalue weighted by atomic mass is 10.1. The maximum atomic E-state index is 12.8. The smallest absolute Gasteiger partial charge is 0.264 e. The predicted octanol–water partition coefficient (Wildman–Crippen LogP) is 1.51. The SMILES string of the molecule is CCO.CN1CCN(C(=O)/C(C#N)=C/c2ccc(F)cc2)CC1. The second-order valence-corrected chi connectivity index (χ2v) is 5.13. The van der Waals surface area contributed by atoms with Gasteiger partial charge in [-0.2, -0.15) is 5.26 Å². The Bertz CT molecular complexity index is 570. The topological polar surface area (TPSA) is 67.6 Å². The van der Waals surface area contributed by atoms with Crippen molar-refractivity contribution in [3.05, 3.63) is 41.2 Å². The maximum Gasteiger partial charge on any atom is 0.264 e. The van der Waals surface area contributed by atoms with Gasteiger partial charge in [-0.3, -0.25) is 4.79 Å². The number of piperazine rings is 1. The van der Waals surface area contributed by atoms with E-state index in [0.29, 0.717) is 18.7 Å². The minimum Gasteiger partial charge on any atom is -0.397 e. The zero-order chi connectivity index (χ0) is 17.2. The van der Waals surface area contributed by atoms with E-state index >= 15 is 0 Å². The van der Waals surface area contributed by atoms with Crippen LogP contribution in [0.1, 0.15) is 12.5 Å². The minimum atomic E-state index is -0.342. The van der Waals surface area contributed by atoms with Crippen LogP contribution in [0.4, 0.5) is 4.39 Å². The minimum absolute atomic E-state index is 0.0844. The summed E-state index contributed by atoms with van der Waals surface area (Å²) in [6, 6.07) is 7.64. The van der Waals surface area contributed by atoms with Gasteiger partial charge in [0, 0.05) is 32.8 Å². The lowest BCUT2D eigenvalue weighted by Gasteiger charge is -2.32. The van der Waals surface area contributed by atoms with Crippen LogP contribution in [0.3, 0.4) is 0 Å². The van der Waals surface area contributed by atoms with Gasteiger partial charge in [-0.15, -0.1) is 0 Å². The molecule has 1 aromatic rings. The standard InChI is InChI=1S/C15H16FN3O.C2H6O/c1-18-6-8-19(9-7-18)15(20)13(11-17)10-12-2-4-14(16)5-3-12;1-2-3/h2-5,10H,6-9H2,1H3;3H,2H2,1H3/b13-10+;. The second-order valence-electron chi connectivity index (χ2n) is 5.13. The molecular formula is C17H22FN3O2. The highest BCUT2D eigenvalue weighted by molar-refractivity contribution is 6.01. The highest BCUT2D eigenvalue weighted by atomic mass is 19.1. The highest BCUT2D eigenvalue weighted by Gasteiger charge is 2.21. The predicted molar refractivity (Wildman–Crippen MR) is 86.8 cm³/mol. The Balaban J connectivity index is 0.000000816. The van der Waals surface area contributed by atoms with Crippen LogP contribution in [0, 0.1) is 17.1 Å². The Hall–Kier alpha value is -2.23. The van der Waals surface area contributed by atoms with Crippen molar-refractivity contribution in [2.45, 2.75) is 6.92 Å². The molecule has 0 unspecified atom stereocenters. The number of rotatable bonds is 2. The summed E-state index contributed by atoms with van der Waals surface area (Å²) in [4.78, 5) is 16.1. The first-order valence-electron chi connectivity index (χ1n) is 7.47. The Morgan fingerprint density at radius 3 is 2.30 bits per heavy atom. The van der Waals surface area contributed by atoms with Crippen molar-refractivity contribution in [1.82, 2.24) is 9.80 Å². The third-order valence-corrected chi connectivity index (χ3v) is 3.32. The summed E-state index contributed by atoms with van der Waals surface area (Å²) < 4.78 is 12.8. The zero-order valence-electron chi connectivity index (χ0n) is 13.5. The first-order valence-corrected chi connectivity index (χ1v) is 7.47. The van der Waals surface area contributed by atoms with Gasteiger partial charge in [-0.25, -0.2) is 4.39 Å². The number of aliphatic hydroxyl groups excluding tert-OH is 1. The first kappa shape index (κ1) is 18.8. The van der Waals surface area contributed by atoms with E-state index in [0.717, 1.165) is 13.1 Å². The Labute approximate surface area is 136 Å². The molecule has 0 atom stereocenters. The number of amides is 1. The molecule has 1 aliphatic rings. The number of hydrogen-bond acceptors (Lipinski definition) is 4. The summed E-state index contributed by atoms with van der Waals surface area (Å²) in [6.45, 7) is 4.79. The van der Waals surface area contributed by atoms with Gasteiger partial charge in [-0.05, 0) is 37.7 Å². The fourth-order valence-corrected chi connectivity index (χ4v) is 2.05. The van der Waals surface area contributed by atoms with Gasteiger partial charge < -0.3 is 14.9 Å². The van der Waals surface area contributed by atoms with Gasteiger partial charge in [0.05, 0.1) is 0 Å². The van der Waals surface area contributed by atoms with E-state index in [1.54, 1.807) is 24.0 Å². The molecule has 2 rings (SSSR count). The fraction of sp³-hybridized carbons (Fsp3) is 0.412. The fourth-order valence-electron chi connectivity index (χ4n) is 2.05. The molecule has 1 aliphatic heterocycles. The van der Waals surface area contributed by atoms with Gasteiger partial charge in [0.2, 0.25) is 0 Å². The number of aliphatic hydroxyl groups is 1. The average Bonchev–Trinajstić information content (AvgIpc) is 2.55. The van der Waals surface area contributed by atoms with Crippen molar-refractivity contribution >= 4 is 12.0 Å². The van der Waals surface area contributed by atoms with Gasteiger partial charge >= 0.3 is 0 Å². The third-order valence-electron chi connectivity index (χ3n) is 3.32. The maximum absolute atomic E-state index is 12.8. The van der Waals surface area contributed by atoms with Crippen LogP contribution in [-0.2, 0) is 4.79 Å². The van der Waals surface area contributed by atoms with E-state index in [9.17, 15) is 9.18 Å². The van der Waals surface area contributed by atoms with E-state index in [4.69, 9.17) is 10.4 Å². The number of likely N-dealkylation sites (N-methyl/N-ethyl adjacent to an activating group) is 1. The summed E-state index contributed by atoms with van der Waals surface area (Å²) in [5.74, 6) is -0.601. The van der Waals surface area contributed by atoms with Crippen LogP contribution in [0.25, 0.3) is 6.08 Å². The van der Waals surface area contributed by atoms with E-state index in [1.165, 1.54) is 18.2 Å². The first-order chi connectivity index (χ1) is 11.0. The molecule has 0 radical (unpaired) electrons. The molecular weight excluding hydrogens is 297 g/mol. The molecule has 23 heavy (non-hydrogen) atoms. The molecule has 1 saturated heterocycles. The molecule has 6 heteroatoms. The number of halogens is 1. The van der Waals surface area contributed by atoms with Crippen molar-refractivity contribution in [3.8, 4) is 6.07 Å². The quantitative estimate of drug-likeness (QED) is 0.663. The van der Waals surface area contributed by atoms with Crippen molar-refractivity contribution < 1.29 is 14.3 Å². The van der Waals surface area contributed by atoms with E-state index in [2.05, 4.69) is 4.90 Å². The van der Waals surface area contributed by atoms with Crippen LogP contribution in [-0.4, -0.2) is 60.6 Å². The average molecular weight is 319 g/mol. The normalized spacial score (nSPS) is 15.4. The second kappa shape index (κ2) is 9.72. The molecule has 0 aliphatic carbocycles. The summed E-state index contributed by atoms with van der Waals surface area (Å²) in [5.41, 5.74) is 0.728. The zero-order valence-corrected chi connectivity index (χ0v) is 13.5. The van der Waals surface area contributed by atoms with E-state index in [-0.39, 0.29) is 23.9 Å². The highest BCUT2D eigenvalue weighted by Crippen LogP contribution is 2.11. The van der Waals surface area contributed by atoms with Crippen molar-refractivity contribution in [2.75, 3.05) is 39.8 Å². The Morgan fingerprint density at radius 2 is 1.83 bits per heavy atom. The van der Waals surface area contributed by atoms with Crippen molar-refractivity contribution in [1.29, 1.82) is 5.26 Å². The number of hydrogen-bond donors (Lipinski definition) is 1. The molecule has 0 bridgehead atoms. The van der Waals surface area contributed by atoms with Crippen molar-refractivity contribution in [2.24, 2.45) is 0 Å². The lowest BCUT2D eigenvalue weighted by molar-refractivity contribution is -0.128. The molecule has 124 valence electrons. The van der Waals surface area contributed by atoms with E-state index < -0.39 is 0 Å². The number of nitriles is 1. The molecule has 5 nitrogen and oxygen atoms in total. The molecule has 0 spiro atoms. The molecule has 1 heterocycles. The summed E-state index contributed by atoms with van der Waals surface area (Å²) in [6.07, 6.45) is 1.50. The van der Waals surface area contributed by atoms with Gasteiger partial charge in [0.15, 0.2) is 0 Å². The van der Waals surface area contributed by atoms with Gasteiger partial charge in [-0.1, -0.05) is 12.1 Å².